The van der Waals surface area contributed by atoms with E-state index in [2.05, 4.69) is 37.3 Å². The summed E-state index contributed by atoms with van der Waals surface area (Å²) >= 11 is 0. The van der Waals surface area contributed by atoms with Crippen molar-refractivity contribution in [1.82, 2.24) is 0 Å². The number of allylic oxidation sites excluding steroid dienone is 5. The van der Waals surface area contributed by atoms with Crippen molar-refractivity contribution in [2.45, 2.75) is 45.6 Å². The van der Waals surface area contributed by atoms with Crippen LogP contribution in [0.4, 0.5) is 0 Å². The van der Waals surface area contributed by atoms with Gasteiger partial charge in [-0.15, -0.1) is 0 Å². The Morgan fingerprint density at radius 3 is 2.21 bits per heavy atom. The topological polar surface area (TPSA) is 57.2 Å². The van der Waals surface area contributed by atoms with Crippen molar-refractivity contribution in [3.8, 4) is 23.0 Å². The van der Waals surface area contributed by atoms with E-state index in [1.807, 2.05) is 37.3 Å². The minimum atomic E-state index is -0.497. The van der Waals surface area contributed by atoms with Gasteiger partial charge in [-0.1, -0.05) is 42.0 Å². The fourth-order valence-electron chi connectivity index (χ4n) is 3.65. The molecule has 0 aliphatic heterocycles. The monoisotopic (exact) mass is 466 g/mol. The minimum absolute atomic E-state index is 0.497. The number of methoxy groups -OCH3 is 4. The number of aliphatic hydroxyl groups is 1. The Hall–Kier alpha value is -3.18. The van der Waals surface area contributed by atoms with E-state index in [9.17, 15) is 5.11 Å². The second kappa shape index (κ2) is 14.2. The molecule has 0 spiro atoms. The number of benzene rings is 2. The van der Waals surface area contributed by atoms with Gasteiger partial charge in [0.05, 0.1) is 34.5 Å². The maximum Gasteiger partial charge on any atom is 0.203 e. The normalized spacial score (nSPS) is 12.9. The lowest BCUT2D eigenvalue weighted by atomic mass is 9.98. The molecule has 0 saturated carbocycles. The third-order valence-electron chi connectivity index (χ3n) is 5.67. The van der Waals surface area contributed by atoms with Crippen LogP contribution in [-0.2, 0) is 0 Å². The standard InChI is InChI=1S/C29H38O5/c1-21(14-17-26(30)25-20-24(31-3)16-15-22(25)2)12-10-8-7-9-11-13-23-18-27(32-4)29(34-6)28(19-23)33-5/h8,10-13,15-16,18-20,26,30H,7,9,14,17H2,1-6H3/b10-8+,13-11-,21-12+. The molecule has 0 saturated heterocycles. The van der Waals surface area contributed by atoms with E-state index in [4.69, 9.17) is 18.9 Å². The van der Waals surface area contributed by atoms with Gasteiger partial charge in [0, 0.05) is 0 Å². The van der Waals surface area contributed by atoms with Crippen LogP contribution in [0.2, 0.25) is 0 Å². The van der Waals surface area contributed by atoms with Crippen LogP contribution in [0.25, 0.3) is 6.08 Å². The fraction of sp³-hybridized carbons (Fsp3) is 0.379. The zero-order valence-electron chi connectivity index (χ0n) is 21.3. The van der Waals surface area contributed by atoms with Crippen LogP contribution in [-0.4, -0.2) is 33.5 Å². The summed E-state index contributed by atoms with van der Waals surface area (Å²) in [7, 11) is 6.47. The van der Waals surface area contributed by atoms with E-state index in [1.54, 1.807) is 28.4 Å². The molecule has 2 aromatic carbocycles. The SMILES string of the molecule is COc1ccc(C)c(C(O)CC/C(C)=C/C=C/CC/C=C\c2cc(OC)c(OC)c(OC)c2)c1. The van der Waals surface area contributed by atoms with E-state index in [-0.39, 0.29) is 0 Å². The average molecular weight is 467 g/mol. The van der Waals surface area contributed by atoms with E-state index < -0.39 is 6.10 Å². The molecule has 34 heavy (non-hydrogen) atoms. The molecule has 1 unspecified atom stereocenters. The van der Waals surface area contributed by atoms with Crippen molar-refractivity contribution in [1.29, 1.82) is 0 Å². The molecule has 0 amide bonds. The smallest absolute Gasteiger partial charge is 0.203 e. The first-order valence-corrected chi connectivity index (χ1v) is 11.5. The number of rotatable bonds is 13. The molecule has 184 valence electrons. The van der Waals surface area contributed by atoms with Gasteiger partial charge in [-0.05, 0) is 80.5 Å². The molecule has 1 N–H and O–H groups in total. The Bertz CT molecular complexity index is 979. The second-order valence-corrected chi connectivity index (χ2v) is 8.16. The van der Waals surface area contributed by atoms with E-state index in [0.717, 1.165) is 41.7 Å². The van der Waals surface area contributed by atoms with Crippen LogP contribution in [0.3, 0.4) is 0 Å². The molecular weight excluding hydrogens is 428 g/mol. The lowest BCUT2D eigenvalue weighted by molar-refractivity contribution is 0.166. The number of aryl methyl sites for hydroxylation is 1. The fourth-order valence-corrected chi connectivity index (χ4v) is 3.65. The van der Waals surface area contributed by atoms with Gasteiger partial charge in [-0.3, -0.25) is 0 Å². The van der Waals surface area contributed by atoms with Gasteiger partial charge >= 0.3 is 0 Å². The zero-order valence-corrected chi connectivity index (χ0v) is 21.3. The summed E-state index contributed by atoms with van der Waals surface area (Å²) in [4.78, 5) is 0. The lowest BCUT2D eigenvalue weighted by Crippen LogP contribution is -2.01. The van der Waals surface area contributed by atoms with Gasteiger partial charge in [-0.2, -0.15) is 0 Å². The Morgan fingerprint density at radius 2 is 1.59 bits per heavy atom. The number of hydrogen-bond acceptors (Lipinski definition) is 5. The maximum absolute atomic E-state index is 10.6. The van der Waals surface area contributed by atoms with E-state index in [0.29, 0.717) is 23.7 Å². The average Bonchev–Trinajstić information content (AvgIpc) is 2.86. The third kappa shape index (κ3) is 7.99. The molecule has 5 nitrogen and oxygen atoms in total. The number of ether oxygens (including phenoxy) is 4. The third-order valence-corrected chi connectivity index (χ3v) is 5.67. The summed E-state index contributed by atoms with van der Waals surface area (Å²) in [5, 5.41) is 10.6. The second-order valence-electron chi connectivity index (χ2n) is 8.16. The number of aliphatic hydroxyl groups excluding tert-OH is 1. The van der Waals surface area contributed by atoms with Crippen LogP contribution >= 0.6 is 0 Å². The summed E-state index contributed by atoms with van der Waals surface area (Å²) < 4.78 is 21.4. The molecule has 2 rings (SSSR count). The molecule has 0 radical (unpaired) electrons. The first kappa shape index (κ1) is 27.1. The van der Waals surface area contributed by atoms with Crippen molar-refractivity contribution in [3.05, 3.63) is 76.9 Å². The summed E-state index contributed by atoms with van der Waals surface area (Å²) in [6.45, 7) is 4.11. The molecular formula is C29H38O5. The zero-order chi connectivity index (χ0) is 24.9. The van der Waals surface area contributed by atoms with Crippen molar-refractivity contribution in [3.63, 3.8) is 0 Å². The van der Waals surface area contributed by atoms with Gasteiger partial charge in [-0.25, -0.2) is 0 Å². The predicted octanol–water partition coefficient (Wildman–Crippen LogP) is 6.84. The number of hydrogen-bond donors (Lipinski definition) is 1. The quantitative estimate of drug-likeness (QED) is 0.259. The van der Waals surface area contributed by atoms with Gasteiger partial charge in [0.2, 0.25) is 5.75 Å². The first-order chi connectivity index (χ1) is 16.4. The highest BCUT2D eigenvalue weighted by Crippen LogP contribution is 2.38. The Labute approximate surface area is 204 Å². The molecule has 1 atom stereocenters. The highest BCUT2D eigenvalue weighted by molar-refractivity contribution is 5.62. The van der Waals surface area contributed by atoms with E-state index >= 15 is 0 Å². The summed E-state index contributed by atoms with van der Waals surface area (Å²) in [5.74, 6) is 2.66. The maximum atomic E-state index is 10.6. The van der Waals surface area contributed by atoms with Gasteiger partial charge in [0.25, 0.3) is 0 Å². The lowest BCUT2D eigenvalue weighted by Gasteiger charge is -2.15. The van der Waals surface area contributed by atoms with Crippen LogP contribution < -0.4 is 18.9 Å². The molecule has 0 aromatic heterocycles. The minimum Gasteiger partial charge on any atom is -0.497 e. The summed E-state index contributed by atoms with van der Waals surface area (Å²) in [6, 6.07) is 9.69. The Balaban J connectivity index is 1.82. The van der Waals surface area contributed by atoms with E-state index in [1.165, 1.54) is 5.57 Å². The summed E-state index contributed by atoms with van der Waals surface area (Å²) in [5.41, 5.74) is 4.25. The highest BCUT2D eigenvalue weighted by Gasteiger charge is 2.12. The molecule has 0 fully saturated rings. The molecule has 0 aliphatic rings. The molecule has 0 aliphatic carbocycles. The van der Waals surface area contributed by atoms with Crippen molar-refractivity contribution < 1.29 is 24.1 Å². The molecule has 2 aromatic rings. The van der Waals surface area contributed by atoms with Crippen LogP contribution in [0.1, 0.15) is 55.4 Å². The van der Waals surface area contributed by atoms with Crippen LogP contribution in [0.5, 0.6) is 23.0 Å². The van der Waals surface area contributed by atoms with Crippen LogP contribution in [0.15, 0.2) is 60.2 Å². The van der Waals surface area contributed by atoms with Crippen LogP contribution in [0, 0.1) is 6.92 Å². The molecule has 0 heterocycles. The van der Waals surface area contributed by atoms with Crippen molar-refractivity contribution >= 4 is 6.08 Å². The molecule has 0 bridgehead atoms. The number of unbranched alkanes of at least 4 members (excludes halogenated alkanes) is 1. The summed E-state index contributed by atoms with van der Waals surface area (Å²) in [6.07, 6.45) is 13.4. The predicted molar refractivity (Wildman–Crippen MR) is 139 cm³/mol. The van der Waals surface area contributed by atoms with Crippen molar-refractivity contribution in [2.24, 2.45) is 0 Å². The Kier molecular flexibility index (Phi) is 11.3. The van der Waals surface area contributed by atoms with Gasteiger partial charge in [0.15, 0.2) is 11.5 Å². The first-order valence-electron chi connectivity index (χ1n) is 11.5. The van der Waals surface area contributed by atoms with Crippen molar-refractivity contribution in [2.75, 3.05) is 28.4 Å². The van der Waals surface area contributed by atoms with Gasteiger partial charge in [0.1, 0.15) is 5.75 Å². The molecule has 5 heteroatoms. The Morgan fingerprint density at radius 1 is 0.912 bits per heavy atom. The van der Waals surface area contributed by atoms with Gasteiger partial charge < -0.3 is 24.1 Å². The highest BCUT2D eigenvalue weighted by atomic mass is 16.5. The largest absolute Gasteiger partial charge is 0.497 e.